The van der Waals surface area contributed by atoms with E-state index in [1.807, 2.05) is 0 Å². The summed E-state index contributed by atoms with van der Waals surface area (Å²) in [5.74, 6) is 0.836. The molecule has 0 aromatic heterocycles. The molecule has 1 rings (SSSR count). The van der Waals surface area contributed by atoms with Crippen LogP contribution in [0.4, 0.5) is 0 Å². The maximum Gasteiger partial charge on any atom is 0.194 e. The van der Waals surface area contributed by atoms with Crippen LogP contribution in [0.2, 0.25) is 0 Å². The average Bonchev–Trinajstić information content (AvgIpc) is 2.29. The maximum atomic E-state index is 7.68. The molecular formula is C12H23ClN4. The first-order valence-corrected chi connectivity index (χ1v) is 6.87. The van der Waals surface area contributed by atoms with Crippen LogP contribution in [-0.4, -0.2) is 23.2 Å². The lowest BCUT2D eigenvalue weighted by Gasteiger charge is -2.22. The average molecular weight is 259 g/mol. The zero-order chi connectivity index (χ0) is 12.7. The van der Waals surface area contributed by atoms with Crippen LogP contribution in [0.3, 0.4) is 0 Å². The fourth-order valence-corrected chi connectivity index (χ4v) is 2.22. The van der Waals surface area contributed by atoms with Gasteiger partial charge in [-0.05, 0) is 32.1 Å². The van der Waals surface area contributed by atoms with Gasteiger partial charge in [-0.3, -0.25) is 5.41 Å². The third kappa shape index (κ3) is 5.91. The topological polar surface area (TPSA) is 74.3 Å². The minimum absolute atomic E-state index is 0.275. The summed E-state index contributed by atoms with van der Waals surface area (Å²) >= 11 is 6.03. The summed E-state index contributed by atoms with van der Waals surface area (Å²) in [6, 6.07) is 0.275. The lowest BCUT2D eigenvalue weighted by molar-refractivity contribution is 0.448. The maximum absolute atomic E-state index is 7.68. The molecule has 1 aliphatic rings. The molecule has 0 unspecified atom stereocenters. The van der Waals surface area contributed by atoms with Crippen LogP contribution < -0.4 is 11.1 Å². The van der Waals surface area contributed by atoms with Crippen LogP contribution in [-0.2, 0) is 0 Å². The monoisotopic (exact) mass is 258 g/mol. The van der Waals surface area contributed by atoms with Gasteiger partial charge < -0.3 is 11.1 Å². The Morgan fingerprint density at radius 3 is 2.65 bits per heavy atom. The molecule has 0 atom stereocenters. The van der Waals surface area contributed by atoms with Crippen LogP contribution in [0.1, 0.15) is 51.9 Å². The highest BCUT2D eigenvalue weighted by Gasteiger charge is 2.18. The molecule has 0 amide bonds. The van der Waals surface area contributed by atoms with Crippen molar-refractivity contribution in [3.63, 3.8) is 0 Å². The van der Waals surface area contributed by atoms with Gasteiger partial charge in [-0.1, -0.05) is 13.3 Å². The summed E-state index contributed by atoms with van der Waals surface area (Å²) in [5.41, 5.74) is 5.78. The Hall–Kier alpha value is -0.770. The summed E-state index contributed by atoms with van der Waals surface area (Å²) in [4.78, 5) is 4.40. The predicted octanol–water partition coefficient (Wildman–Crippen LogP) is 2.61. The van der Waals surface area contributed by atoms with Gasteiger partial charge in [0.05, 0.1) is 11.9 Å². The number of amidine groups is 1. The molecule has 1 saturated carbocycles. The molecule has 4 N–H and O–H groups in total. The molecule has 0 radical (unpaired) electrons. The number of halogens is 1. The molecular weight excluding hydrogens is 236 g/mol. The fraction of sp³-hybridized carbons (Fsp3) is 0.833. The number of hydrogen-bond acceptors (Lipinski definition) is 2. The van der Waals surface area contributed by atoms with Gasteiger partial charge in [0.2, 0.25) is 0 Å². The minimum Gasteiger partial charge on any atom is -0.370 e. The lowest BCUT2D eigenvalue weighted by atomic mass is 9.96. The molecule has 0 bridgehead atoms. The Bertz CT molecular complexity index is 270. The van der Waals surface area contributed by atoms with Crippen LogP contribution in [0, 0.1) is 5.41 Å². The number of rotatable bonds is 4. The highest BCUT2D eigenvalue weighted by Crippen LogP contribution is 2.24. The highest BCUT2D eigenvalue weighted by molar-refractivity contribution is 6.20. The van der Waals surface area contributed by atoms with Crippen molar-refractivity contribution in [2.75, 3.05) is 0 Å². The van der Waals surface area contributed by atoms with Gasteiger partial charge in [-0.2, -0.15) is 0 Å². The number of nitrogens with one attached hydrogen (secondary N) is 2. The van der Waals surface area contributed by atoms with Gasteiger partial charge in [0.1, 0.15) is 0 Å². The Morgan fingerprint density at radius 2 is 2.06 bits per heavy atom. The smallest absolute Gasteiger partial charge is 0.194 e. The van der Waals surface area contributed by atoms with Crippen molar-refractivity contribution >= 4 is 23.4 Å². The molecule has 0 heterocycles. The van der Waals surface area contributed by atoms with Crippen molar-refractivity contribution < 1.29 is 0 Å². The largest absolute Gasteiger partial charge is 0.370 e. The number of hydrogen-bond donors (Lipinski definition) is 3. The van der Waals surface area contributed by atoms with Crippen molar-refractivity contribution in [2.45, 2.75) is 63.3 Å². The van der Waals surface area contributed by atoms with Gasteiger partial charge in [-0.25, -0.2) is 4.99 Å². The van der Waals surface area contributed by atoms with Gasteiger partial charge in [-0.15, -0.1) is 11.6 Å². The summed E-state index contributed by atoms with van der Waals surface area (Å²) in [7, 11) is 0. The van der Waals surface area contributed by atoms with E-state index < -0.39 is 0 Å². The van der Waals surface area contributed by atoms with Crippen molar-refractivity contribution in [1.29, 1.82) is 5.41 Å². The first-order chi connectivity index (χ1) is 8.11. The standard InChI is InChI=1S/C12H23ClN4/c1-2-3-4-11(14)17-12(15)16-10-7-5-9(13)6-8-10/h9-10H,2-8H2,1H3,(H4,14,15,16,17). The second kappa shape index (κ2) is 7.54. The molecule has 0 spiro atoms. The van der Waals surface area contributed by atoms with E-state index in [1.54, 1.807) is 0 Å². The van der Waals surface area contributed by atoms with Crippen LogP contribution >= 0.6 is 11.6 Å². The Kier molecular flexibility index (Phi) is 6.34. The zero-order valence-corrected chi connectivity index (χ0v) is 11.3. The number of nitrogens with two attached hydrogens (primary N) is 1. The number of aliphatic imine (C=N–C) groups is 1. The SMILES string of the molecule is CCCCC(=N)NC(N)=NC1CCC(Cl)CC1. The second-order valence-electron chi connectivity index (χ2n) is 4.63. The highest BCUT2D eigenvalue weighted by atomic mass is 35.5. The molecule has 17 heavy (non-hydrogen) atoms. The Labute approximate surface area is 109 Å². The fourth-order valence-electron chi connectivity index (χ4n) is 1.96. The normalized spacial score (nSPS) is 25.6. The van der Waals surface area contributed by atoms with Crippen molar-refractivity contribution in [1.82, 2.24) is 5.32 Å². The molecule has 0 saturated heterocycles. The number of guanidine groups is 1. The van der Waals surface area contributed by atoms with E-state index in [0.29, 0.717) is 17.2 Å². The Morgan fingerprint density at radius 1 is 1.41 bits per heavy atom. The zero-order valence-electron chi connectivity index (χ0n) is 10.5. The third-order valence-electron chi connectivity index (χ3n) is 3.01. The minimum atomic E-state index is 0.275. The molecule has 0 aromatic rings. The third-order valence-corrected chi connectivity index (χ3v) is 3.44. The summed E-state index contributed by atoms with van der Waals surface area (Å²) in [6.07, 6.45) is 6.85. The predicted molar refractivity (Wildman–Crippen MR) is 73.9 cm³/mol. The van der Waals surface area contributed by atoms with Crippen molar-refractivity contribution in [3.8, 4) is 0 Å². The first kappa shape index (κ1) is 14.3. The van der Waals surface area contributed by atoms with Crippen LogP contribution in [0.25, 0.3) is 0 Å². The molecule has 0 aliphatic heterocycles. The summed E-state index contributed by atoms with van der Waals surface area (Å²) < 4.78 is 0. The molecule has 0 aromatic carbocycles. The van der Waals surface area contributed by atoms with E-state index in [4.69, 9.17) is 22.7 Å². The van der Waals surface area contributed by atoms with E-state index >= 15 is 0 Å². The van der Waals surface area contributed by atoms with Crippen molar-refractivity contribution in [2.24, 2.45) is 10.7 Å². The van der Waals surface area contributed by atoms with E-state index in [-0.39, 0.29) is 6.04 Å². The summed E-state index contributed by atoms with van der Waals surface area (Å²) in [6.45, 7) is 2.11. The molecule has 1 aliphatic carbocycles. The Balaban J connectivity index is 2.30. The van der Waals surface area contributed by atoms with Crippen LogP contribution in [0.15, 0.2) is 4.99 Å². The second-order valence-corrected chi connectivity index (χ2v) is 5.24. The lowest BCUT2D eigenvalue weighted by Crippen LogP contribution is -2.37. The molecule has 4 nitrogen and oxygen atoms in total. The number of alkyl halides is 1. The van der Waals surface area contributed by atoms with Gasteiger partial charge in [0.15, 0.2) is 5.96 Å². The van der Waals surface area contributed by atoms with E-state index in [0.717, 1.165) is 44.9 Å². The molecule has 1 fully saturated rings. The molecule has 5 heteroatoms. The van der Waals surface area contributed by atoms with E-state index in [9.17, 15) is 0 Å². The quantitative estimate of drug-likeness (QED) is 0.412. The number of unbranched alkanes of at least 4 members (excludes halogenated alkanes) is 1. The van der Waals surface area contributed by atoms with Gasteiger partial charge >= 0.3 is 0 Å². The van der Waals surface area contributed by atoms with Gasteiger partial charge in [0.25, 0.3) is 0 Å². The van der Waals surface area contributed by atoms with E-state index in [2.05, 4.69) is 17.2 Å². The van der Waals surface area contributed by atoms with Gasteiger partial charge in [0, 0.05) is 11.8 Å². The van der Waals surface area contributed by atoms with Crippen LogP contribution in [0.5, 0.6) is 0 Å². The van der Waals surface area contributed by atoms with Crippen molar-refractivity contribution in [3.05, 3.63) is 0 Å². The first-order valence-electron chi connectivity index (χ1n) is 6.43. The van der Waals surface area contributed by atoms with E-state index in [1.165, 1.54) is 0 Å². The number of nitrogens with zero attached hydrogens (tertiary/aromatic N) is 1. The molecule has 98 valence electrons. The summed E-state index contributed by atoms with van der Waals surface area (Å²) in [5, 5.41) is 10.8.